The minimum absolute atomic E-state index is 0. The van der Waals surface area contributed by atoms with E-state index in [2.05, 4.69) is 13.2 Å². The van der Waals surface area contributed by atoms with Crippen LogP contribution in [0.1, 0.15) is 13.8 Å². The van der Waals surface area contributed by atoms with Crippen molar-refractivity contribution in [2.45, 2.75) is 13.8 Å². The summed E-state index contributed by atoms with van der Waals surface area (Å²) < 4.78 is 0. The molecule has 0 aliphatic heterocycles. The molecule has 0 aromatic rings. The van der Waals surface area contributed by atoms with Crippen LogP contribution in [0.3, 0.4) is 0 Å². The zero-order valence-electron chi connectivity index (χ0n) is 9.05. The average Bonchev–Trinajstić information content (AvgIpc) is 1.88. The van der Waals surface area contributed by atoms with Crippen molar-refractivity contribution in [3.8, 4) is 0 Å². The molecule has 0 unspecified atom stereocenters. The number of carboxylic acids is 2. The van der Waals surface area contributed by atoms with Crippen LogP contribution in [0.15, 0.2) is 24.3 Å². The van der Waals surface area contributed by atoms with Crippen LogP contribution in [0.5, 0.6) is 0 Å². The number of carbonyl (C=O) groups excluding carboxylic acids is 2. The molecule has 6 heteroatoms. The average molecular weight is 200 g/mol. The van der Waals surface area contributed by atoms with Gasteiger partial charge < -0.3 is 19.8 Å². The third-order valence-corrected chi connectivity index (χ3v) is 0.697. The van der Waals surface area contributed by atoms with E-state index < -0.39 is 11.9 Å². The monoisotopic (exact) mass is 200 g/mol. The molecule has 0 saturated carbocycles. The van der Waals surface area contributed by atoms with Gasteiger partial charge in [-0.25, -0.2) is 0 Å². The Morgan fingerprint density at radius 2 is 1.00 bits per heavy atom. The molecule has 0 heterocycles. The van der Waals surface area contributed by atoms with E-state index in [9.17, 15) is 19.8 Å². The maximum atomic E-state index is 9.49. The van der Waals surface area contributed by atoms with E-state index >= 15 is 0 Å². The molecule has 0 fully saturated rings. The summed E-state index contributed by atoms with van der Waals surface area (Å²) in [7, 11) is 0. The minimum atomic E-state index is -1.19. The molecular weight excluding hydrogens is 190 g/mol. The number of hydrogen-bond donors (Lipinski definition) is 0. The van der Waals surface area contributed by atoms with E-state index in [4.69, 9.17) is 0 Å². The molecule has 0 bridgehead atoms. The Kier molecular flexibility index (Phi) is 22.0. The Morgan fingerprint density at radius 1 is 0.929 bits per heavy atom. The first-order chi connectivity index (χ1) is 5.29. The fourth-order valence-electron chi connectivity index (χ4n) is 0. The summed E-state index contributed by atoms with van der Waals surface area (Å²) in [6.07, 6.45) is 0. The molecule has 0 rings (SSSR count). The molecule has 0 aromatic heterocycles. The van der Waals surface area contributed by atoms with Crippen LogP contribution in [0.2, 0.25) is 0 Å². The first-order valence-corrected chi connectivity index (χ1v) is 3.02. The van der Waals surface area contributed by atoms with Gasteiger partial charge in [-0.15, -0.1) is 0 Å². The van der Waals surface area contributed by atoms with Crippen molar-refractivity contribution in [3.63, 3.8) is 0 Å². The Labute approximate surface area is 118 Å². The molecule has 0 saturated heterocycles. The summed E-state index contributed by atoms with van der Waals surface area (Å²) in [5.41, 5.74) is 0.130. The van der Waals surface area contributed by atoms with E-state index in [1.54, 1.807) is 0 Å². The summed E-state index contributed by atoms with van der Waals surface area (Å²) in [6.45, 7) is 8.95. The quantitative estimate of drug-likeness (QED) is 0.327. The van der Waals surface area contributed by atoms with Gasteiger partial charge in [0.25, 0.3) is 0 Å². The molecule has 0 aliphatic rings. The van der Waals surface area contributed by atoms with Crippen molar-refractivity contribution in [2.24, 2.45) is 0 Å². The number of aliphatic carboxylic acids is 2. The third-order valence-electron chi connectivity index (χ3n) is 0.697. The van der Waals surface area contributed by atoms with Crippen LogP contribution < -0.4 is 58.6 Å². The van der Waals surface area contributed by atoms with Crippen LogP contribution >= 0.6 is 0 Å². The zero-order chi connectivity index (χ0) is 10.3. The van der Waals surface area contributed by atoms with Gasteiger partial charge in [-0.3, -0.25) is 0 Å². The summed E-state index contributed by atoms with van der Waals surface area (Å²) in [5.74, 6) is -2.37. The molecule has 0 amide bonds. The molecule has 14 heavy (non-hydrogen) atoms. The summed E-state index contributed by atoms with van der Waals surface area (Å²) in [4.78, 5) is 19.0. The first kappa shape index (κ1) is 23.7. The Hall–Kier alpha value is 0.0174. The molecular formula is C8H10LiNaO4. The van der Waals surface area contributed by atoms with Gasteiger partial charge in [0.15, 0.2) is 0 Å². The van der Waals surface area contributed by atoms with Crippen LogP contribution in [0, 0.1) is 0 Å². The van der Waals surface area contributed by atoms with E-state index in [1.165, 1.54) is 13.8 Å². The predicted octanol–water partition coefficient (Wildman–Crippen LogP) is -7.37. The van der Waals surface area contributed by atoms with Crippen molar-refractivity contribution in [1.29, 1.82) is 0 Å². The SMILES string of the molecule is C=C(C)C(=O)[O-].C=C(C)C(=O)[O-].[Li+].[Na+]. The maximum Gasteiger partial charge on any atom is 1.00 e. The van der Waals surface area contributed by atoms with Crippen LogP contribution in [-0.2, 0) is 9.59 Å². The Morgan fingerprint density at radius 3 is 1.00 bits per heavy atom. The predicted molar refractivity (Wildman–Crippen MR) is 39.6 cm³/mol. The largest absolute Gasteiger partial charge is 1.00 e. The number of hydrogen-bond acceptors (Lipinski definition) is 4. The van der Waals surface area contributed by atoms with E-state index in [0.29, 0.717) is 0 Å². The van der Waals surface area contributed by atoms with Gasteiger partial charge in [0, 0.05) is 0 Å². The molecule has 0 atom stereocenters. The normalized spacial score (nSPS) is 6.43. The van der Waals surface area contributed by atoms with Gasteiger partial charge in [-0.1, -0.05) is 13.2 Å². The molecule has 0 spiro atoms. The molecule has 4 nitrogen and oxygen atoms in total. The van der Waals surface area contributed by atoms with Gasteiger partial charge >= 0.3 is 48.4 Å². The fourth-order valence-corrected chi connectivity index (χ4v) is 0. The smallest absolute Gasteiger partial charge is 0.545 e. The Bertz CT molecular complexity index is 177. The van der Waals surface area contributed by atoms with Crippen molar-refractivity contribution >= 4 is 11.9 Å². The summed E-state index contributed by atoms with van der Waals surface area (Å²) in [6, 6.07) is 0. The fraction of sp³-hybridized carbons (Fsp3) is 0.250. The molecule has 0 N–H and O–H groups in total. The standard InChI is InChI=1S/2C4H6O2.Li.Na/c2*1-3(2)4(5)6;;/h2*1H2,2H3,(H,5,6);;/q;;2*+1/p-2. The molecule has 0 aliphatic carbocycles. The van der Waals surface area contributed by atoms with Gasteiger partial charge in [-0.05, 0) is 25.0 Å². The second-order valence-electron chi connectivity index (χ2n) is 2.14. The molecule has 0 aromatic carbocycles. The third kappa shape index (κ3) is 22.7. The summed E-state index contributed by atoms with van der Waals surface area (Å²) in [5, 5.41) is 19.0. The van der Waals surface area contributed by atoms with Crippen LogP contribution in [0.25, 0.3) is 0 Å². The van der Waals surface area contributed by atoms with Gasteiger partial charge in [0.05, 0.1) is 11.9 Å². The number of carbonyl (C=O) groups is 2. The van der Waals surface area contributed by atoms with Gasteiger partial charge in [0.2, 0.25) is 0 Å². The van der Waals surface area contributed by atoms with Crippen molar-refractivity contribution < 1.29 is 68.2 Å². The van der Waals surface area contributed by atoms with Gasteiger partial charge in [-0.2, -0.15) is 0 Å². The Balaban J connectivity index is -0.0000000625. The first-order valence-electron chi connectivity index (χ1n) is 3.02. The van der Waals surface area contributed by atoms with Gasteiger partial charge in [0.1, 0.15) is 0 Å². The second kappa shape index (κ2) is 13.0. The second-order valence-corrected chi connectivity index (χ2v) is 2.14. The summed E-state index contributed by atoms with van der Waals surface area (Å²) >= 11 is 0. The van der Waals surface area contributed by atoms with E-state index in [1.807, 2.05) is 0 Å². The maximum absolute atomic E-state index is 9.49. The zero-order valence-corrected chi connectivity index (χ0v) is 11.0. The van der Waals surface area contributed by atoms with Crippen molar-refractivity contribution in [3.05, 3.63) is 24.3 Å². The molecule has 0 radical (unpaired) electrons. The molecule has 68 valence electrons. The van der Waals surface area contributed by atoms with E-state index in [0.717, 1.165) is 0 Å². The van der Waals surface area contributed by atoms with Crippen LogP contribution in [-0.4, -0.2) is 11.9 Å². The van der Waals surface area contributed by atoms with Crippen molar-refractivity contribution in [1.82, 2.24) is 0 Å². The van der Waals surface area contributed by atoms with Crippen molar-refractivity contribution in [2.75, 3.05) is 0 Å². The number of carboxylic acid groups (broad SMARTS) is 2. The van der Waals surface area contributed by atoms with E-state index in [-0.39, 0.29) is 59.6 Å². The minimum Gasteiger partial charge on any atom is -0.545 e. The van der Waals surface area contributed by atoms with Crippen LogP contribution in [0.4, 0.5) is 0 Å². The topological polar surface area (TPSA) is 80.3 Å². The number of rotatable bonds is 2.